The quantitative estimate of drug-likeness (QED) is 0.366. The van der Waals surface area contributed by atoms with Crippen molar-refractivity contribution in [2.24, 2.45) is 0 Å². The van der Waals surface area contributed by atoms with Crippen LogP contribution >= 0.6 is 0 Å². The molecule has 2 N–H and O–H groups in total. The number of rotatable bonds is 9. The Kier molecular flexibility index (Phi) is 7.40. The van der Waals surface area contributed by atoms with Gasteiger partial charge < -0.3 is 24.8 Å². The molecule has 1 unspecified atom stereocenters. The number of hydrogen-bond donors (Lipinski definition) is 2. The van der Waals surface area contributed by atoms with Crippen LogP contribution in [0.25, 0.3) is 0 Å². The van der Waals surface area contributed by atoms with E-state index < -0.39 is 23.0 Å². The first-order chi connectivity index (χ1) is 13.9. The predicted octanol–water partition coefficient (Wildman–Crippen LogP) is 2.97. The van der Waals surface area contributed by atoms with Crippen molar-refractivity contribution >= 4 is 17.7 Å². The van der Waals surface area contributed by atoms with Gasteiger partial charge in [0, 0.05) is 23.4 Å². The fraction of sp³-hybridized carbons (Fsp3) is 0.474. The van der Waals surface area contributed by atoms with Crippen molar-refractivity contribution in [1.29, 1.82) is 0 Å². The highest BCUT2D eigenvalue weighted by molar-refractivity contribution is 5.95. The van der Waals surface area contributed by atoms with Crippen LogP contribution in [0.4, 0.5) is 10.5 Å². The van der Waals surface area contributed by atoms with Gasteiger partial charge in [-0.2, -0.15) is 0 Å². The van der Waals surface area contributed by atoms with E-state index in [0.29, 0.717) is 12.1 Å². The van der Waals surface area contributed by atoms with Gasteiger partial charge in [-0.05, 0) is 19.8 Å². The highest BCUT2D eigenvalue weighted by Crippen LogP contribution is 2.41. The van der Waals surface area contributed by atoms with Crippen molar-refractivity contribution in [1.82, 2.24) is 10.6 Å². The first kappa shape index (κ1) is 22.0. The number of nitrogens with one attached hydrogen (secondary N) is 2. The van der Waals surface area contributed by atoms with Gasteiger partial charge in [0.15, 0.2) is 0 Å². The maximum Gasteiger partial charge on any atom is 0.338 e. The van der Waals surface area contributed by atoms with Gasteiger partial charge in [-0.15, -0.1) is 0 Å². The third-order valence-electron chi connectivity index (χ3n) is 4.47. The number of benzene rings is 1. The van der Waals surface area contributed by atoms with Gasteiger partial charge in [0.25, 0.3) is 0 Å². The monoisotopic (exact) mass is 407 g/mol. The Morgan fingerprint density at radius 1 is 1.21 bits per heavy atom. The molecule has 1 aromatic carbocycles. The van der Waals surface area contributed by atoms with Crippen LogP contribution in [0, 0.1) is 10.1 Å². The summed E-state index contributed by atoms with van der Waals surface area (Å²) in [4.78, 5) is 35.9. The lowest BCUT2D eigenvalue weighted by Gasteiger charge is -2.30. The molecule has 158 valence electrons. The van der Waals surface area contributed by atoms with Crippen LogP contribution in [0.5, 0.6) is 11.5 Å². The highest BCUT2D eigenvalue weighted by Gasteiger charge is 2.36. The molecule has 0 aliphatic carbocycles. The predicted molar refractivity (Wildman–Crippen MR) is 104 cm³/mol. The molecule has 2 rings (SSSR count). The molecule has 2 amide bonds. The summed E-state index contributed by atoms with van der Waals surface area (Å²) in [5, 5.41) is 16.8. The normalized spacial score (nSPS) is 16.0. The lowest BCUT2D eigenvalue weighted by Crippen LogP contribution is -2.46. The summed E-state index contributed by atoms with van der Waals surface area (Å²) in [6, 6.07) is 1.10. The summed E-state index contributed by atoms with van der Waals surface area (Å²) in [6.45, 7) is 3.80. The summed E-state index contributed by atoms with van der Waals surface area (Å²) >= 11 is 0. The Labute approximate surface area is 168 Å². The van der Waals surface area contributed by atoms with Gasteiger partial charge in [0.1, 0.15) is 5.75 Å². The van der Waals surface area contributed by atoms with Gasteiger partial charge in [-0.1, -0.05) is 13.3 Å². The summed E-state index contributed by atoms with van der Waals surface area (Å²) in [5.41, 5.74) is 0.568. The zero-order valence-electron chi connectivity index (χ0n) is 16.9. The van der Waals surface area contributed by atoms with E-state index in [4.69, 9.17) is 14.2 Å². The number of amides is 2. The average Bonchev–Trinajstić information content (AvgIpc) is 2.70. The van der Waals surface area contributed by atoms with Crippen LogP contribution in [-0.2, 0) is 9.53 Å². The number of methoxy groups -OCH3 is 2. The summed E-state index contributed by atoms with van der Waals surface area (Å²) < 4.78 is 15.6. The van der Waals surface area contributed by atoms with Crippen molar-refractivity contribution in [2.75, 3.05) is 20.8 Å². The number of nitro benzene ring substituents is 1. The number of urea groups is 1. The van der Waals surface area contributed by atoms with Gasteiger partial charge in [-0.25, -0.2) is 9.59 Å². The Balaban J connectivity index is 2.70. The standard InChI is InChI=1S/C19H25N3O7/c1-5-7-8-12-16(18(23)29-6-2)17(21-19(24)20-12)11-9-13(22(25)26)15(28-4)10-14(11)27-3/h9-10,17H,5-8H2,1-4H3,(H2,20,21,24). The largest absolute Gasteiger partial charge is 0.496 e. The second kappa shape index (κ2) is 9.76. The fourth-order valence-corrected chi connectivity index (χ4v) is 3.13. The van der Waals surface area contributed by atoms with Crippen LogP contribution in [0.2, 0.25) is 0 Å². The van der Waals surface area contributed by atoms with Crippen LogP contribution in [-0.4, -0.2) is 37.8 Å². The van der Waals surface area contributed by atoms with Gasteiger partial charge in [-0.3, -0.25) is 10.1 Å². The number of carbonyl (C=O) groups is 2. The zero-order valence-corrected chi connectivity index (χ0v) is 16.9. The second-order valence-electron chi connectivity index (χ2n) is 6.27. The second-order valence-corrected chi connectivity index (χ2v) is 6.27. The van der Waals surface area contributed by atoms with E-state index in [0.717, 1.165) is 12.8 Å². The van der Waals surface area contributed by atoms with Crippen molar-refractivity contribution in [3.63, 3.8) is 0 Å². The lowest BCUT2D eigenvalue weighted by atomic mass is 9.92. The van der Waals surface area contributed by atoms with E-state index in [-0.39, 0.29) is 34.9 Å². The third kappa shape index (κ3) is 4.76. The number of carbonyl (C=O) groups excluding carboxylic acids is 2. The number of nitro groups is 1. The number of allylic oxidation sites excluding steroid dienone is 1. The maximum atomic E-state index is 12.7. The molecule has 0 saturated carbocycles. The molecule has 0 aromatic heterocycles. The number of unbranched alkanes of at least 4 members (excludes halogenated alkanes) is 1. The first-order valence-corrected chi connectivity index (χ1v) is 9.25. The van der Waals surface area contributed by atoms with E-state index >= 15 is 0 Å². The Morgan fingerprint density at radius 2 is 1.90 bits per heavy atom. The van der Waals surface area contributed by atoms with E-state index in [9.17, 15) is 19.7 Å². The van der Waals surface area contributed by atoms with Crippen molar-refractivity contribution in [3.8, 4) is 11.5 Å². The fourth-order valence-electron chi connectivity index (χ4n) is 3.13. The van der Waals surface area contributed by atoms with E-state index in [1.165, 1.54) is 26.4 Å². The molecule has 0 fully saturated rings. The number of esters is 1. The van der Waals surface area contributed by atoms with Gasteiger partial charge in [0.05, 0.1) is 37.4 Å². The number of hydrogen-bond acceptors (Lipinski definition) is 7. The van der Waals surface area contributed by atoms with Crippen LogP contribution < -0.4 is 20.1 Å². The molecule has 10 nitrogen and oxygen atoms in total. The van der Waals surface area contributed by atoms with E-state index in [2.05, 4.69) is 10.6 Å². The molecule has 1 aromatic rings. The van der Waals surface area contributed by atoms with Crippen molar-refractivity contribution in [2.45, 2.75) is 39.2 Å². The average molecular weight is 407 g/mol. The Hall–Kier alpha value is -3.30. The molecule has 0 radical (unpaired) electrons. The number of ether oxygens (including phenoxy) is 3. The third-order valence-corrected chi connectivity index (χ3v) is 4.47. The molecule has 1 heterocycles. The molecule has 0 spiro atoms. The van der Waals surface area contributed by atoms with Crippen LogP contribution in [0.15, 0.2) is 23.4 Å². The van der Waals surface area contributed by atoms with Gasteiger partial charge >= 0.3 is 17.7 Å². The number of nitrogens with zero attached hydrogens (tertiary/aromatic N) is 1. The molecular weight excluding hydrogens is 382 g/mol. The smallest absolute Gasteiger partial charge is 0.338 e. The highest BCUT2D eigenvalue weighted by atomic mass is 16.6. The van der Waals surface area contributed by atoms with Crippen molar-refractivity contribution in [3.05, 3.63) is 39.1 Å². The first-order valence-electron chi connectivity index (χ1n) is 9.25. The van der Waals surface area contributed by atoms with E-state index in [1.54, 1.807) is 6.92 Å². The SMILES string of the molecule is CCCCC1=C(C(=O)OCC)C(c2cc([N+](=O)[O-])c(OC)cc2OC)NC(=O)N1. The molecule has 1 aliphatic heterocycles. The lowest BCUT2D eigenvalue weighted by molar-refractivity contribution is -0.385. The molecular formula is C19H25N3O7. The molecule has 10 heteroatoms. The maximum absolute atomic E-state index is 12.7. The topological polar surface area (TPSA) is 129 Å². The minimum atomic E-state index is -0.978. The Bertz CT molecular complexity index is 835. The summed E-state index contributed by atoms with van der Waals surface area (Å²) in [7, 11) is 2.69. The molecule has 0 saturated heterocycles. The van der Waals surface area contributed by atoms with E-state index in [1.807, 2.05) is 6.92 Å². The zero-order chi connectivity index (χ0) is 21.6. The minimum Gasteiger partial charge on any atom is -0.496 e. The van der Waals surface area contributed by atoms with Crippen LogP contribution in [0.1, 0.15) is 44.7 Å². The van der Waals surface area contributed by atoms with Crippen LogP contribution in [0.3, 0.4) is 0 Å². The summed E-state index contributed by atoms with van der Waals surface area (Å²) in [6.07, 6.45) is 2.05. The molecule has 1 atom stereocenters. The molecule has 0 bridgehead atoms. The Morgan fingerprint density at radius 3 is 2.45 bits per heavy atom. The molecule has 1 aliphatic rings. The summed E-state index contributed by atoms with van der Waals surface area (Å²) in [5.74, 6) is -0.378. The van der Waals surface area contributed by atoms with Crippen molar-refractivity contribution < 1.29 is 28.7 Å². The minimum absolute atomic E-state index is 0.00346. The van der Waals surface area contributed by atoms with Gasteiger partial charge in [0.2, 0.25) is 5.75 Å². The molecule has 29 heavy (non-hydrogen) atoms.